The van der Waals surface area contributed by atoms with Crippen molar-refractivity contribution in [3.63, 3.8) is 0 Å². The number of hydrogen-bond donors (Lipinski definition) is 0. The van der Waals surface area contributed by atoms with Crippen LogP contribution in [0, 0.1) is 0 Å². The van der Waals surface area contributed by atoms with Crippen molar-refractivity contribution in [1.82, 2.24) is 9.80 Å². The number of Topliss-reactive ketones (excluding diaryl/α,β-unsaturated/α-hetero) is 2. The van der Waals surface area contributed by atoms with Gasteiger partial charge in [-0.2, -0.15) is 0 Å². The lowest BCUT2D eigenvalue weighted by Gasteiger charge is -2.18. The number of carbonyl (C=O) groups excluding carboxylic acids is 2. The van der Waals surface area contributed by atoms with E-state index in [2.05, 4.69) is 37.5 Å². The van der Waals surface area contributed by atoms with E-state index in [1.807, 2.05) is 24.3 Å². The van der Waals surface area contributed by atoms with Gasteiger partial charge in [-0.3, -0.25) is 19.4 Å². The second-order valence-electron chi connectivity index (χ2n) is 6.97. The van der Waals surface area contributed by atoms with Crippen molar-refractivity contribution in [2.75, 3.05) is 26.2 Å². The molecule has 0 saturated heterocycles. The van der Waals surface area contributed by atoms with Crippen molar-refractivity contribution in [2.45, 2.75) is 40.8 Å². The highest BCUT2D eigenvalue weighted by Crippen LogP contribution is 2.13. The van der Waals surface area contributed by atoms with Crippen LogP contribution in [-0.2, 0) is 13.1 Å². The Labute approximate surface area is 169 Å². The van der Waals surface area contributed by atoms with Crippen LogP contribution in [0.1, 0.15) is 59.5 Å². The molecule has 0 heterocycles. The highest BCUT2D eigenvalue weighted by molar-refractivity contribution is 6.49. The van der Waals surface area contributed by atoms with E-state index >= 15 is 0 Å². The molecular formula is C24H32N2O2. The van der Waals surface area contributed by atoms with Gasteiger partial charge in [0.2, 0.25) is 11.6 Å². The third kappa shape index (κ3) is 5.85. The van der Waals surface area contributed by atoms with Gasteiger partial charge in [-0.25, -0.2) is 0 Å². The van der Waals surface area contributed by atoms with E-state index in [1.165, 1.54) is 0 Å². The molecule has 0 aliphatic carbocycles. The smallest absolute Gasteiger partial charge is 0.233 e. The van der Waals surface area contributed by atoms with Gasteiger partial charge >= 0.3 is 0 Å². The predicted molar refractivity (Wildman–Crippen MR) is 115 cm³/mol. The molecule has 0 atom stereocenters. The Morgan fingerprint density at radius 2 is 0.857 bits per heavy atom. The van der Waals surface area contributed by atoms with Gasteiger partial charge in [0, 0.05) is 24.2 Å². The average Bonchev–Trinajstić information content (AvgIpc) is 2.75. The number of nitrogens with zero attached hydrogens (tertiary/aromatic N) is 2. The van der Waals surface area contributed by atoms with Crippen LogP contribution in [0.5, 0.6) is 0 Å². The molecule has 0 saturated carbocycles. The molecule has 0 unspecified atom stereocenters. The first-order chi connectivity index (χ1) is 13.5. The fraction of sp³-hybridized carbons (Fsp3) is 0.417. The van der Waals surface area contributed by atoms with Crippen molar-refractivity contribution in [1.29, 1.82) is 0 Å². The third-order valence-electron chi connectivity index (χ3n) is 5.24. The maximum Gasteiger partial charge on any atom is 0.233 e. The van der Waals surface area contributed by atoms with Crippen molar-refractivity contribution in [3.05, 3.63) is 70.8 Å². The zero-order valence-corrected chi connectivity index (χ0v) is 17.6. The minimum atomic E-state index is -0.453. The molecule has 150 valence electrons. The first kappa shape index (κ1) is 22.0. The molecule has 4 nitrogen and oxygen atoms in total. The second-order valence-corrected chi connectivity index (χ2v) is 6.97. The van der Waals surface area contributed by atoms with Crippen LogP contribution in [0.3, 0.4) is 0 Å². The third-order valence-corrected chi connectivity index (χ3v) is 5.24. The first-order valence-electron chi connectivity index (χ1n) is 10.2. The summed E-state index contributed by atoms with van der Waals surface area (Å²) in [6.45, 7) is 14.2. The van der Waals surface area contributed by atoms with Crippen molar-refractivity contribution in [3.8, 4) is 0 Å². The van der Waals surface area contributed by atoms with Crippen molar-refractivity contribution in [2.24, 2.45) is 0 Å². The summed E-state index contributed by atoms with van der Waals surface area (Å²) >= 11 is 0. The molecule has 0 amide bonds. The zero-order chi connectivity index (χ0) is 20.5. The van der Waals surface area contributed by atoms with Gasteiger partial charge in [-0.1, -0.05) is 76.2 Å². The molecule has 28 heavy (non-hydrogen) atoms. The van der Waals surface area contributed by atoms with Gasteiger partial charge in [0.15, 0.2) is 0 Å². The van der Waals surface area contributed by atoms with Crippen molar-refractivity contribution >= 4 is 11.6 Å². The Morgan fingerprint density at radius 3 is 1.11 bits per heavy atom. The highest BCUT2D eigenvalue weighted by atomic mass is 16.2. The minimum absolute atomic E-state index is 0.445. The van der Waals surface area contributed by atoms with E-state index < -0.39 is 11.6 Å². The van der Waals surface area contributed by atoms with Crippen LogP contribution >= 0.6 is 0 Å². The standard InChI is InChI=1S/C24H32N2O2/c1-5-25(6-2)17-19-9-13-21(14-10-19)23(27)24(28)22-15-11-20(12-16-22)18-26(7-3)8-4/h9-16H,5-8,17-18H2,1-4H3. The van der Waals surface area contributed by atoms with Crippen LogP contribution < -0.4 is 0 Å². The lowest BCUT2D eigenvalue weighted by molar-refractivity contribution is 0.0817. The van der Waals surface area contributed by atoms with Crippen LogP contribution in [0.4, 0.5) is 0 Å². The average molecular weight is 381 g/mol. The maximum absolute atomic E-state index is 12.6. The van der Waals surface area contributed by atoms with E-state index in [0.29, 0.717) is 11.1 Å². The molecule has 0 aliphatic rings. The minimum Gasteiger partial charge on any atom is -0.300 e. The Hall–Kier alpha value is -2.30. The zero-order valence-electron chi connectivity index (χ0n) is 17.6. The first-order valence-corrected chi connectivity index (χ1v) is 10.2. The molecule has 2 rings (SSSR count). The van der Waals surface area contributed by atoms with Gasteiger partial charge in [0.25, 0.3) is 0 Å². The fourth-order valence-electron chi connectivity index (χ4n) is 3.20. The van der Waals surface area contributed by atoms with Crippen LogP contribution in [0.2, 0.25) is 0 Å². The van der Waals surface area contributed by atoms with E-state index in [1.54, 1.807) is 24.3 Å². The summed E-state index contributed by atoms with van der Waals surface area (Å²) in [7, 11) is 0. The molecule has 0 aromatic heterocycles. The number of rotatable bonds is 11. The normalized spacial score (nSPS) is 11.2. The van der Waals surface area contributed by atoms with Gasteiger partial charge in [-0.05, 0) is 37.3 Å². The summed E-state index contributed by atoms with van der Waals surface area (Å²) in [4.78, 5) is 29.8. The largest absolute Gasteiger partial charge is 0.300 e. The number of carbonyl (C=O) groups is 2. The Balaban J connectivity index is 2.04. The van der Waals surface area contributed by atoms with E-state index in [9.17, 15) is 9.59 Å². The number of ketones is 2. The van der Waals surface area contributed by atoms with Gasteiger partial charge < -0.3 is 0 Å². The summed E-state index contributed by atoms with van der Waals surface area (Å²) in [5.41, 5.74) is 3.18. The molecule has 0 radical (unpaired) electrons. The summed E-state index contributed by atoms with van der Waals surface area (Å²) in [6.07, 6.45) is 0. The van der Waals surface area contributed by atoms with Crippen molar-refractivity contribution < 1.29 is 9.59 Å². The lowest BCUT2D eigenvalue weighted by Crippen LogP contribution is -2.22. The number of benzene rings is 2. The molecule has 0 spiro atoms. The number of hydrogen-bond acceptors (Lipinski definition) is 4. The van der Waals surface area contributed by atoms with Crippen LogP contribution in [0.15, 0.2) is 48.5 Å². The molecule has 0 fully saturated rings. The van der Waals surface area contributed by atoms with E-state index in [4.69, 9.17) is 0 Å². The monoisotopic (exact) mass is 380 g/mol. The SMILES string of the molecule is CCN(CC)Cc1ccc(C(=O)C(=O)c2ccc(CN(CC)CC)cc2)cc1. The summed E-state index contributed by atoms with van der Waals surface area (Å²) in [5.74, 6) is -0.906. The Morgan fingerprint density at radius 1 is 0.571 bits per heavy atom. The Kier molecular flexibility index (Phi) is 8.55. The van der Waals surface area contributed by atoms with Crippen LogP contribution in [-0.4, -0.2) is 47.5 Å². The van der Waals surface area contributed by atoms with Crippen LogP contribution in [0.25, 0.3) is 0 Å². The molecule has 0 aliphatic heterocycles. The quantitative estimate of drug-likeness (QED) is 0.427. The fourth-order valence-corrected chi connectivity index (χ4v) is 3.20. The van der Waals surface area contributed by atoms with E-state index in [-0.39, 0.29) is 0 Å². The predicted octanol–water partition coefficient (Wildman–Crippen LogP) is 4.44. The van der Waals surface area contributed by atoms with Gasteiger partial charge in [0.05, 0.1) is 0 Å². The maximum atomic E-state index is 12.6. The highest BCUT2D eigenvalue weighted by Gasteiger charge is 2.18. The summed E-state index contributed by atoms with van der Waals surface area (Å²) in [5, 5.41) is 0. The van der Waals surface area contributed by atoms with Gasteiger partial charge in [-0.15, -0.1) is 0 Å². The second kappa shape index (κ2) is 10.9. The molecule has 2 aromatic rings. The lowest BCUT2D eigenvalue weighted by atomic mass is 9.99. The summed E-state index contributed by atoms with van der Waals surface area (Å²) < 4.78 is 0. The molecule has 4 heteroatoms. The molecule has 2 aromatic carbocycles. The topological polar surface area (TPSA) is 40.6 Å². The Bertz CT molecular complexity index is 691. The molecule has 0 N–H and O–H groups in total. The molecule has 0 bridgehead atoms. The van der Waals surface area contributed by atoms with E-state index in [0.717, 1.165) is 50.4 Å². The molecular weight excluding hydrogens is 348 g/mol. The summed E-state index contributed by atoms with van der Waals surface area (Å²) in [6, 6.07) is 14.8. The van der Waals surface area contributed by atoms with Gasteiger partial charge in [0.1, 0.15) is 0 Å².